The number of nitrogens with one attached hydrogen (secondary N) is 1. The second-order valence-electron chi connectivity index (χ2n) is 16.4. The summed E-state index contributed by atoms with van der Waals surface area (Å²) in [5, 5.41) is 38.0. The molecule has 8 rings (SSSR count). The van der Waals surface area contributed by atoms with Gasteiger partial charge in [0.2, 0.25) is 30.7 Å². The number of aromatic nitrogens is 8. The number of rotatable bonds is 13. The molecule has 0 amide bonds. The Kier molecular flexibility index (Phi) is 15.7. The van der Waals surface area contributed by atoms with E-state index >= 15 is 0 Å². The number of β-amino-alcohol motifs (C(OH)–C–C–N with tert-alkyl or cyclic N) is 1. The van der Waals surface area contributed by atoms with Gasteiger partial charge in [-0.3, -0.25) is 4.18 Å². The maximum Gasteiger partial charge on any atom is 0.416 e. The summed E-state index contributed by atoms with van der Waals surface area (Å²) in [6.07, 6.45) is -5.21. The predicted octanol–water partition coefficient (Wildman–Crippen LogP) is 4.41. The second kappa shape index (κ2) is 20.5. The smallest absolute Gasteiger partial charge is 0.385 e. The minimum absolute atomic E-state index is 0.167. The molecule has 0 saturated carbocycles. The molecule has 372 valence electrons. The number of alkyl halides is 6. The fourth-order valence-electron chi connectivity index (χ4n) is 7.06. The molecule has 0 spiro atoms. The molecule has 2 fully saturated rings. The Morgan fingerprint density at radius 3 is 1.39 bits per heavy atom. The molecule has 2 N–H and O–H groups in total. The van der Waals surface area contributed by atoms with E-state index in [0.29, 0.717) is 42.9 Å². The predicted molar refractivity (Wildman–Crippen MR) is 239 cm³/mol. The van der Waals surface area contributed by atoms with Crippen LogP contribution in [0.15, 0.2) is 97.1 Å². The molecule has 2 aromatic heterocycles. The Bertz CT molecular complexity index is 3070. The highest BCUT2D eigenvalue weighted by atomic mass is 35.7. The molecule has 0 bridgehead atoms. The third kappa shape index (κ3) is 15.3. The summed E-state index contributed by atoms with van der Waals surface area (Å²) in [7, 11) is -6.14. The molecule has 2 saturated heterocycles. The topological polar surface area (TPSA) is 234 Å². The van der Waals surface area contributed by atoms with Crippen molar-refractivity contribution >= 4 is 39.9 Å². The summed E-state index contributed by atoms with van der Waals surface area (Å²) in [5.74, 6) is 0.629. The summed E-state index contributed by atoms with van der Waals surface area (Å²) in [6.45, 7) is 0.650. The Labute approximate surface area is 396 Å². The van der Waals surface area contributed by atoms with Gasteiger partial charge in [-0.05, 0) is 69.8 Å². The van der Waals surface area contributed by atoms with Crippen LogP contribution in [-0.4, -0.2) is 131 Å². The number of benzene rings is 4. The number of tetrazole rings is 2. The molecule has 4 aromatic carbocycles. The summed E-state index contributed by atoms with van der Waals surface area (Å²) in [6, 6.07) is 24.4. The SMILES string of the molecule is CS(=O)(=O)Cl.CS(=O)(=O)OC1(Cn2nnc(-c3ccccc3Cc3ccc(C(F)(F)F)cc3)n2)CN(S(C)(=O)=O)C1.OC1(Cn2nnc(-c3ccccc3Cc3ccc(C(F)(F)F)cc3)n2)CNC1. The Balaban J connectivity index is 0.000000211. The van der Waals surface area contributed by atoms with Crippen LogP contribution < -0.4 is 5.32 Å². The molecule has 4 heterocycles. The molecule has 2 aliphatic rings. The van der Waals surface area contributed by atoms with Gasteiger partial charge in [0.05, 0.1) is 43.0 Å². The van der Waals surface area contributed by atoms with Crippen molar-refractivity contribution in [3.63, 3.8) is 0 Å². The Hall–Kier alpha value is -5.42. The number of hydrogen-bond acceptors (Lipinski definition) is 15. The van der Waals surface area contributed by atoms with Gasteiger partial charge in [-0.1, -0.05) is 72.8 Å². The molecule has 0 unspecified atom stereocenters. The van der Waals surface area contributed by atoms with Gasteiger partial charge in [0.15, 0.2) is 0 Å². The molecular formula is C41H43ClF6N10O8S3. The minimum atomic E-state index is -4.42. The molecule has 2 aliphatic heterocycles. The van der Waals surface area contributed by atoms with Gasteiger partial charge in [-0.15, -0.1) is 20.4 Å². The summed E-state index contributed by atoms with van der Waals surface area (Å²) in [5.41, 5.74) is 0.724. The fourth-order valence-corrected chi connectivity index (χ4v) is 8.80. The Morgan fingerprint density at radius 1 is 0.652 bits per heavy atom. The van der Waals surface area contributed by atoms with Gasteiger partial charge >= 0.3 is 12.4 Å². The first-order valence-corrected chi connectivity index (χ1v) is 26.6. The fraction of sp³-hybridized carbons (Fsp3) is 0.366. The highest BCUT2D eigenvalue weighted by molar-refractivity contribution is 8.13. The zero-order valence-electron chi connectivity index (χ0n) is 36.6. The molecule has 0 radical (unpaired) electrons. The third-order valence-corrected chi connectivity index (χ3v) is 12.1. The molecule has 0 atom stereocenters. The highest BCUT2D eigenvalue weighted by Gasteiger charge is 2.51. The van der Waals surface area contributed by atoms with Gasteiger partial charge in [0.1, 0.15) is 11.2 Å². The molecule has 28 heteroatoms. The van der Waals surface area contributed by atoms with Gasteiger partial charge in [-0.25, -0.2) is 16.8 Å². The Morgan fingerprint density at radius 2 is 1.04 bits per heavy atom. The maximum atomic E-state index is 12.9. The lowest BCUT2D eigenvalue weighted by molar-refractivity contribution is -0.138. The largest absolute Gasteiger partial charge is 0.416 e. The average molecular weight is 1050 g/mol. The average Bonchev–Trinajstić information content (AvgIpc) is 3.88. The van der Waals surface area contributed by atoms with Crippen LogP contribution in [0, 0.1) is 0 Å². The van der Waals surface area contributed by atoms with E-state index in [4.69, 9.17) is 4.18 Å². The van der Waals surface area contributed by atoms with Crippen molar-refractivity contribution in [1.29, 1.82) is 0 Å². The van der Waals surface area contributed by atoms with Crippen molar-refractivity contribution in [1.82, 2.24) is 50.0 Å². The normalized spacial score (nSPS) is 16.0. The first-order valence-electron chi connectivity index (χ1n) is 20.2. The quantitative estimate of drug-likeness (QED) is 0.0927. The van der Waals surface area contributed by atoms with Crippen molar-refractivity contribution in [2.24, 2.45) is 0 Å². The maximum absolute atomic E-state index is 12.9. The van der Waals surface area contributed by atoms with E-state index in [9.17, 15) is 56.7 Å². The zero-order valence-corrected chi connectivity index (χ0v) is 39.8. The van der Waals surface area contributed by atoms with Gasteiger partial charge in [0, 0.05) is 48.0 Å². The van der Waals surface area contributed by atoms with Crippen molar-refractivity contribution in [3.05, 3.63) is 130 Å². The van der Waals surface area contributed by atoms with Crippen molar-refractivity contribution < 1.29 is 60.9 Å². The summed E-state index contributed by atoms with van der Waals surface area (Å²) in [4.78, 5) is 2.50. The molecule has 6 aromatic rings. The lowest BCUT2D eigenvalue weighted by Crippen LogP contribution is -2.66. The van der Waals surface area contributed by atoms with E-state index in [1.54, 1.807) is 24.3 Å². The zero-order chi connectivity index (χ0) is 50.6. The monoisotopic (exact) mass is 1050 g/mol. The number of hydrogen-bond donors (Lipinski definition) is 2. The number of nitrogens with zero attached hydrogens (tertiary/aromatic N) is 9. The molecular weight excluding hydrogens is 1010 g/mol. The van der Waals surface area contributed by atoms with E-state index in [2.05, 4.69) is 46.8 Å². The lowest BCUT2D eigenvalue weighted by atomic mass is 9.97. The number of aliphatic hydroxyl groups is 1. The minimum Gasteiger partial charge on any atom is -0.385 e. The van der Waals surface area contributed by atoms with Crippen LogP contribution in [0.4, 0.5) is 26.3 Å². The number of sulfonamides is 1. The van der Waals surface area contributed by atoms with Gasteiger partial charge < -0.3 is 10.4 Å². The van der Waals surface area contributed by atoms with E-state index in [1.165, 1.54) is 29.1 Å². The van der Waals surface area contributed by atoms with Crippen molar-refractivity contribution in [2.45, 2.75) is 49.5 Å². The van der Waals surface area contributed by atoms with E-state index in [1.807, 2.05) is 24.3 Å². The summed E-state index contributed by atoms with van der Waals surface area (Å²) >= 11 is 0. The van der Waals surface area contributed by atoms with Gasteiger partial charge in [0.25, 0.3) is 10.1 Å². The van der Waals surface area contributed by atoms with Crippen LogP contribution >= 0.6 is 10.7 Å². The van der Waals surface area contributed by atoms with Crippen LogP contribution in [0.5, 0.6) is 0 Å². The third-order valence-electron chi connectivity index (χ3n) is 10.3. The first kappa shape index (κ1) is 52.9. The molecule has 18 nitrogen and oxygen atoms in total. The van der Waals surface area contributed by atoms with Gasteiger partial charge in [-0.2, -0.15) is 48.7 Å². The van der Waals surface area contributed by atoms with E-state index in [-0.39, 0.29) is 32.0 Å². The van der Waals surface area contributed by atoms with Crippen molar-refractivity contribution in [2.75, 3.05) is 44.9 Å². The van der Waals surface area contributed by atoms with E-state index in [0.717, 1.165) is 74.4 Å². The highest BCUT2D eigenvalue weighted by Crippen LogP contribution is 2.33. The standard InChI is InChI=1S/C21H22F3N5O5S2.C19H18F3N5O.CH3ClO2S/c1-35(30,31)28-12-20(13-28,34-36(2,32)33)14-29-26-19(25-27-29)18-6-4-3-5-16(18)11-15-7-9-17(10-8-15)21(22,23)24;20-19(21,22)15-7-5-13(6-8-15)9-14-3-1-2-4-16(14)17-24-26-27(25-17)12-18(28)10-23-11-18;1-5(2,3)4/h3-10H,11-14H2,1-2H3;1-8,23,28H,9-12H2;1H3. The summed E-state index contributed by atoms with van der Waals surface area (Å²) < 4.78 is 149. The first-order chi connectivity index (χ1) is 32.0. The van der Waals surface area contributed by atoms with Crippen LogP contribution in [-0.2, 0) is 71.7 Å². The van der Waals surface area contributed by atoms with Crippen LogP contribution in [0.25, 0.3) is 22.8 Å². The lowest BCUT2D eigenvalue weighted by Gasteiger charge is -2.46. The van der Waals surface area contributed by atoms with Crippen LogP contribution in [0.3, 0.4) is 0 Å². The molecule has 0 aliphatic carbocycles. The second-order valence-corrected chi connectivity index (χ2v) is 23.0. The van der Waals surface area contributed by atoms with Crippen molar-refractivity contribution in [3.8, 4) is 22.8 Å². The van der Waals surface area contributed by atoms with E-state index < -0.39 is 63.9 Å². The van der Waals surface area contributed by atoms with Crippen LogP contribution in [0.2, 0.25) is 0 Å². The van der Waals surface area contributed by atoms with Crippen LogP contribution in [0.1, 0.15) is 33.4 Å². The number of halogens is 7. The molecule has 69 heavy (non-hydrogen) atoms.